The number of likely N-dealkylation sites (tertiary alicyclic amines) is 1. The highest BCUT2D eigenvalue weighted by atomic mass is 32.1. The van der Waals surface area contributed by atoms with Crippen molar-refractivity contribution in [2.45, 2.75) is 45.4 Å². The maximum Gasteiger partial charge on any atom is 0.229 e. The third kappa shape index (κ3) is 2.65. The minimum atomic E-state index is -0.220. The minimum absolute atomic E-state index is 0.00450. The Kier molecular flexibility index (Phi) is 3.44. The fraction of sp³-hybridized carbons (Fsp3) is 0.750. The molecule has 0 N–H and O–H groups in total. The zero-order valence-corrected chi connectivity index (χ0v) is 14.4. The molecule has 1 aromatic rings. The molecule has 1 unspecified atom stereocenters. The van der Waals surface area contributed by atoms with E-state index in [1.54, 1.807) is 4.90 Å². The first kappa shape index (κ1) is 15.1. The molecule has 1 atom stereocenters. The zero-order chi connectivity index (χ0) is 16.2. The standard InChI is InChI=1S/C16H22N4O2S/c1-10(2)13-17-18-15(23-13)20-8-11(7-12(20)21)14(22)19-6-5-16(9-19)3-4-16/h10-11H,3-9H2,1-2H3. The molecule has 6 nitrogen and oxygen atoms in total. The second-order valence-corrected chi connectivity index (χ2v) is 8.48. The average molecular weight is 334 g/mol. The highest BCUT2D eigenvalue weighted by Gasteiger charge is 2.50. The van der Waals surface area contributed by atoms with Gasteiger partial charge in [-0.2, -0.15) is 0 Å². The monoisotopic (exact) mass is 334 g/mol. The Bertz CT molecular complexity index is 652. The fourth-order valence-electron chi connectivity index (χ4n) is 3.59. The van der Waals surface area contributed by atoms with Crippen LogP contribution < -0.4 is 4.90 Å². The Balaban J connectivity index is 1.44. The van der Waals surface area contributed by atoms with E-state index in [0.29, 0.717) is 29.4 Å². The van der Waals surface area contributed by atoms with Gasteiger partial charge in [-0.1, -0.05) is 25.2 Å². The van der Waals surface area contributed by atoms with Gasteiger partial charge in [0.15, 0.2) is 0 Å². The molecule has 1 spiro atoms. The van der Waals surface area contributed by atoms with E-state index >= 15 is 0 Å². The third-order valence-electron chi connectivity index (χ3n) is 5.34. The summed E-state index contributed by atoms with van der Waals surface area (Å²) in [7, 11) is 0. The predicted molar refractivity (Wildman–Crippen MR) is 87.3 cm³/mol. The van der Waals surface area contributed by atoms with Crippen molar-refractivity contribution in [2.24, 2.45) is 11.3 Å². The van der Waals surface area contributed by atoms with Gasteiger partial charge in [0.1, 0.15) is 5.01 Å². The van der Waals surface area contributed by atoms with Crippen molar-refractivity contribution >= 4 is 28.3 Å². The molecule has 0 bridgehead atoms. The average Bonchev–Trinajstić information content (AvgIpc) is 2.90. The third-order valence-corrected chi connectivity index (χ3v) is 6.58. The van der Waals surface area contributed by atoms with Crippen LogP contribution in [0.15, 0.2) is 0 Å². The van der Waals surface area contributed by atoms with Gasteiger partial charge < -0.3 is 4.90 Å². The Morgan fingerprint density at radius 3 is 2.70 bits per heavy atom. The predicted octanol–water partition coefficient (Wildman–Crippen LogP) is 2.03. The van der Waals surface area contributed by atoms with Crippen molar-refractivity contribution < 1.29 is 9.59 Å². The molecule has 124 valence electrons. The molecule has 2 aliphatic heterocycles. The maximum absolute atomic E-state index is 12.7. The van der Waals surface area contributed by atoms with Crippen LogP contribution in [0.5, 0.6) is 0 Å². The second-order valence-electron chi connectivity index (χ2n) is 7.49. The minimum Gasteiger partial charge on any atom is -0.342 e. The quantitative estimate of drug-likeness (QED) is 0.848. The molecule has 0 radical (unpaired) electrons. The van der Waals surface area contributed by atoms with Gasteiger partial charge in [-0.25, -0.2) is 0 Å². The summed E-state index contributed by atoms with van der Waals surface area (Å²) in [6, 6.07) is 0. The van der Waals surface area contributed by atoms with Crippen molar-refractivity contribution in [3.8, 4) is 0 Å². The van der Waals surface area contributed by atoms with Crippen molar-refractivity contribution in [3.63, 3.8) is 0 Å². The second kappa shape index (κ2) is 5.26. The van der Waals surface area contributed by atoms with Crippen molar-refractivity contribution in [1.82, 2.24) is 15.1 Å². The van der Waals surface area contributed by atoms with Gasteiger partial charge in [0.2, 0.25) is 16.9 Å². The molecule has 4 rings (SSSR count). The SMILES string of the molecule is CC(C)c1nnc(N2CC(C(=O)N3CCC4(CC4)C3)CC2=O)s1. The van der Waals surface area contributed by atoms with E-state index < -0.39 is 0 Å². The molecule has 0 aromatic carbocycles. The number of carbonyl (C=O) groups is 2. The van der Waals surface area contributed by atoms with E-state index in [1.807, 2.05) is 4.90 Å². The first-order valence-electron chi connectivity index (χ1n) is 8.40. The Hall–Kier alpha value is -1.50. The van der Waals surface area contributed by atoms with Gasteiger partial charge >= 0.3 is 0 Å². The normalized spacial score (nSPS) is 25.9. The molecule has 2 amide bonds. The number of hydrogen-bond acceptors (Lipinski definition) is 5. The van der Waals surface area contributed by atoms with E-state index in [4.69, 9.17) is 0 Å². The van der Waals surface area contributed by atoms with Crippen molar-refractivity contribution in [2.75, 3.05) is 24.5 Å². The van der Waals surface area contributed by atoms with Gasteiger partial charge in [0.05, 0.1) is 5.92 Å². The summed E-state index contributed by atoms with van der Waals surface area (Å²) < 4.78 is 0. The van der Waals surface area contributed by atoms with E-state index in [0.717, 1.165) is 24.5 Å². The Morgan fingerprint density at radius 1 is 1.30 bits per heavy atom. The van der Waals surface area contributed by atoms with Crippen LogP contribution >= 0.6 is 11.3 Å². The van der Waals surface area contributed by atoms with E-state index in [2.05, 4.69) is 24.0 Å². The van der Waals surface area contributed by atoms with Gasteiger partial charge in [-0.15, -0.1) is 10.2 Å². The lowest BCUT2D eigenvalue weighted by Crippen LogP contribution is -2.36. The summed E-state index contributed by atoms with van der Waals surface area (Å²) >= 11 is 1.46. The number of rotatable bonds is 3. The summed E-state index contributed by atoms with van der Waals surface area (Å²) in [5, 5.41) is 9.85. The summed E-state index contributed by atoms with van der Waals surface area (Å²) in [5.41, 5.74) is 0.434. The summed E-state index contributed by atoms with van der Waals surface area (Å²) in [5.74, 6) is 0.229. The number of nitrogens with zero attached hydrogens (tertiary/aromatic N) is 4. The topological polar surface area (TPSA) is 66.4 Å². The molecule has 3 fully saturated rings. The molecular formula is C16H22N4O2S. The first-order chi connectivity index (χ1) is 11.0. The number of amides is 2. The number of hydrogen-bond donors (Lipinski definition) is 0. The summed E-state index contributed by atoms with van der Waals surface area (Å²) in [6.07, 6.45) is 3.96. The van der Waals surface area contributed by atoms with E-state index in [-0.39, 0.29) is 17.7 Å². The van der Waals surface area contributed by atoms with Crippen LogP contribution in [-0.2, 0) is 9.59 Å². The molecule has 1 saturated carbocycles. The number of carbonyl (C=O) groups excluding carboxylic acids is 2. The van der Waals surface area contributed by atoms with Gasteiger partial charge in [0, 0.05) is 32.0 Å². The van der Waals surface area contributed by atoms with E-state index in [1.165, 1.54) is 24.2 Å². The Labute approximate surface area is 139 Å². The summed E-state index contributed by atoms with van der Waals surface area (Å²) in [6.45, 7) is 6.33. The molecule has 23 heavy (non-hydrogen) atoms. The molecular weight excluding hydrogens is 312 g/mol. The lowest BCUT2D eigenvalue weighted by Gasteiger charge is -2.20. The molecule has 1 aromatic heterocycles. The zero-order valence-electron chi connectivity index (χ0n) is 13.6. The highest BCUT2D eigenvalue weighted by Crippen LogP contribution is 2.52. The van der Waals surface area contributed by atoms with E-state index in [9.17, 15) is 9.59 Å². The highest BCUT2D eigenvalue weighted by molar-refractivity contribution is 7.15. The maximum atomic E-state index is 12.7. The van der Waals surface area contributed by atoms with Crippen molar-refractivity contribution in [3.05, 3.63) is 5.01 Å². The molecule has 3 heterocycles. The van der Waals surface area contributed by atoms with Crippen LogP contribution in [0.3, 0.4) is 0 Å². The Morgan fingerprint density at radius 2 is 2.09 bits per heavy atom. The van der Waals surface area contributed by atoms with Crippen LogP contribution in [0, 0.1) is 11.3 Å². The largest absolute Gasteiger partial charge is 0.342 e. The van der Waals surface area contributed by atoms with Gasteiger partial charge in [-0.3, -0.25) is 14.5 Å². The van der Waals surface area contributed by atoms with Crippen LogP contribution in [0.4, 0.5) is 5.13 Å². The van der Waals surface area contributed by atoms with Crippen LogP contribution in [0.1, 0.15) is 50.5 Å². The lowest BCUT2D eigenvalue weighted by molar-refractivity contribution is -0.135. The smallest absolute Gasteiger partial charge is 0.229 e. The molecule has 1 aliphatic carbocycles. The van der Waals surface area contributed by atoms with Gasteiger partial charge in [-0.05, 0) is 24.7 Å². The fourth-order valence-corrected chi connectivity index (χ4v) is 4.47. The molecule has 3 aliphatic rings. The lowest BCUT2D eigenvalue weighted by atomic mass is 10.1. The van der Waals surface area contributed by atoms with Crippen molar-refractivity contribution in [1.29, 1.82) is 0 Å². The van der Waals surface area contributed by atoms with Crippen LogP contribution in [0.2, 0.25) is 0 Å². The first-order valence-corrected chi connectivity index (χ1v) is 9.22. The molecule has 7 heteroatoms. The molecule has 2 saturated heterocycles. The van der Waals surface area contributed by atoms with Gasteiger partial charge in [0.25, 0.3) is 0 Å². The van der Waals surface area contributed by atoms with Crippen LogP contribution in [-0.4, -0.2) is 46.5 Å². The number of aromatic nitrogens is 2. The number of anilines is 1. The van der Waals surface area contributed by atoms with Crippen LogP contribution in [0.25, 0.3) is 0 Å². The summed E-state index contributed by atoms with van der Waals surface area (Å²) in [4.78, 5) is 28.7.